The maximum atomic E-state index is 11.6. The smallest absolute Gasteiger partial charge is 0.166 e. The van der Waals surface area contributed by atoms with Crippen LogP contribution in [0.3, 0.4) is 0 Å². The monoisotopic (exact) mass is 220 g/mol. The number of methoxy groups -OCH3 is 1. The van der Waals surface area contributed by atoms with Gasteiger partial charge in [0.2, 0.25) is 0 Å². The Morgan fingerprint density at radius 1 is 1.50 bits per heavy atom. The summed E-state index contributed by atoms with van der Waals surface area (Å²) in [5, 5.41) is 0. The number of hydrogen-bond donors (Lipinski definition) is 0. The van der Waals surface area contributed by atoms with Crippen LogP contribution in [0.5, 0.6) is 0 Å². The van der Waals surface area contributed by atoms with E-state index in [-0.39, 0.29) is 11.9 Å². The molecule has 1 unspecified atom stereocenters. The number of Topliss-reactive ketones (excluding diaryl/α,β-unsaturated/α-hetero) is 1. The molecule has 0 radical (unpaired) electrons. The van der Waals surface area contributed by atoms with E-state index in [1.165, 1.54) is 0 Å². The fraction of sp³-hybridized carbons (Fsp3) is 0.583. The number of carbonyl (C=O) groups excluding carboxylic acids is 1. The summed E-state index contributed by atoms with van der Waals surface area (Å²) < 4.78 is 5.29. The molecule has 0 aromatic carbocycles. The number of fused-ring (bicyclic) bond motifs is 1. The van der Waals surface area contributed by atoms with Gasteiger partial charge in [0.25, 0.3) is 0 Å². The second-order valence-electron chi connectivity index (χ2n) is 4.00. The van der Waals surface area contributed by atoms with Crippen LogP contribution in [0.2, 0.25) is 0 Å². The van der Waals surface area contributed by atoms with Gasteiger partial charge in [-0.3, -0.25) is 4.79 Å². The number of carbonyl (C=O) groups is 1. The van der Waals surface area contributed by atoms with Gasteiger partial charge in [-0.1, -0.05) is 6.92 Å². The SMILES string of the molecule is CCC(OC)c1ncc2c(n1)CCCC2=O. The quantitative estimate of drug-likeness (QED) is 0.782. The lowest BCUT2D eigenvalue weighted by Gasteiger charge is -2.16. The lowest BCUT2D eigenvalue weighted by molar-refractivity contribution is 0.0912. The minimum Gasteiger partial charge on any atom is -0.373 e. The van der Waals surface area contributed by atoms with E-state index in [1.807, 2.05) is 6.92 Å². The zero-order valence-electron chi connectivity index (χ0n) is 9.69. The highest BCUT2D eigenvalue weighted by Gasteiger charge is 2.21. The van der Waals surface area contributed by atoms with Crippen LogP contribution in [0.25, 0.3) is 0 Å². The Kier molecular flexibility index (Phi) is 3.29. The molecule has 1 aliphatic rings. The topological polar surface area (TPSA) is 52.1 Å². The lowest BCUT2D eigenvalue weighted by atomic mass is 9.96. The van der Waals surface area contributed by atoms with Crippen molar-refractivity contribution in [1.29, 1.82) is 0 Å². The standard InChI is InChI=1S/C12H16N2O2/c1-3-11(16-2)12-13-7-8-9(14-12)5-4-6-10(8)15/h7,11H,3-6H2,1-2H3. The third-order valence-corrected chi connectivity index (χ3v) is 2.95. The van der Waals surface area contributed by atoms with E-state index < -0.39 is 0 Å². The van der Waals surface area contributed by atoms with Gasteiger partial charge in [-0.15, -0.1) is 0 Å². The van der Waals surface area contributed by atoms with Gasteiger partial charge in [0.15, 0.2) is 11.6 Å². The molecule has 0 saturated carbocycles. The number of nitrogens with zero attached hydrogens (tertiary/aromatic N) is 2. The van der Waals surface area contributed by atoms with Crippen LogP contribution < -0.4 is 0 Å². The number of aromatic nitrogens is 2. The van der Waals surface area contributed by atoms with Crippen molar-refractivity contribution in [3.05, 3.63) is 23.3 Å². The Bertz CT molecular complexity index is 400. The summed E-state index contributed by atoms with van der Waals surface area (Å²) in [5.74, 6) is 0.858. The summed E-state index contributed by atoms with van der Waals surface area (Å²) in [6.45, 7) is 2.03. The highest BCUT2D eigenvalue weighted by Crippen LogP contribution is 2.22. The van der Waals surface area contributed by atoms with E-state index in [1.54, 1.807) is 13.3 Å². The van der Waals surface area contributed by atoms with Gasteiger partial charge in [-0.05, 0) is 19.3 Å². The Morgan fingerprint density at radius 3 is 3.00 bits per heavy atom. The van der Waals surface area contributed by atoms with Crippen molar-refractivity contribution in [2.75, 3.05) is 7.11 Å². The first-order chi connectivity index (χ1) is 7.76. The van der Waals surface area contributed by atoms with Crippen molar-refractivity contribution in [1.82, 2.24) is 9.97 Å². The summed E-state index contributed by atoms with van der Waals surface area (Å²) in [4.78, 5) is 20.3. The molecule has 1 aromatic heterocycles. The molecular weight excluding hydrogens is 204 g/mol. The number of ether oxygens (including phenoxy) is 1. The van der Waals surface area contributed by atoms with Crippen LogP contribution in [0.4, 0.5) is 0 Å². The Balaban J connectivity index is 2.34. The maximum absolute atomic E-state index is 11.6. The minimum absolute atomic E-state index is 0.0673. The summed E-state index contributed by atoms with van der Waals surface area (Å²) in [7, 11) is 1.65. The first kappa shape index (κ1) is 11.2. The van der Waals surface area contributed by atoms with E-state index in [0.29, 0.717) is 17.8 Å². The molecule has 4 nitrogen and oxygen atoms in total. The predicted octanol–water partition coefficient (Wildman–Crippen LogP) is 2.09. The Morgan fingerprint density at radius 2 is 2.31 bits per heavy atom. The van der Waals surface area contributed by atoms with E-state index in [0.717, 1.165) is 25.0 Å². The van der Waals surface area contributed by atoms with E-state index >= 15 is 0 Å². The normalized spacial score (nSPS) is 17.0. The van der Waals surface area contributed by atoms with Crippen molar-refractivity contribution in [2.45, 2.75) is 38.7 Å². The second kappa shape index (κ2) is 4.70. The van der Waals surface area contributed by atoms with Crippen LogP contribution in [-0.2, 0) is 11.2 Å². The molecule has 4 heteroatoms. The van der Waals surface area contributed by atoms with Gasteiger partial charge in [-0.2, -0.15) is 0 Å². The highest BCUT2D eigenvalue weighted by molar-refractivity contribution is 5.97. The fourth-order valence-corrected chi connectivity index (χ4v) is 2.02. The van der Waals surface area contributed by atoms with E-state index in [9.17, 15) is 4.79 Å². The first-order valence-corrected chi connectivity index (χ1v) is 5.68. The number of aryl methyl sites for hydroxylation is 1. The van der Waals surface area contributed by atoms with Crippen molar-refractivity contribution in [3.63, 3.8) is 0 Å². The molecule has 0 saturated heterocycles. The zero-order valence-corrected chi connectivity index (χ0v) is 9.69. The molecule has 0 amide bonds. The van der Waals surface area contributed by atoms with Gasteiger partial charge in [0, 0.05) is 19.7 Å². The zero-order chi connectivity index (χ0) is 11.5. The molecule has 0 spiro atoms. The van der Waals surface area contributed by atoms with Gasteiger partial charge >= 0.3 is 0 Å². The van der Waals surface area contributed by atoms with E-state index in [4.69, 9.17) is 4.74 Å². The average molecular weight is 220 g/mol. The molecule has 0 aliphatic heterocycles. The molecule has 16 heavy (non-hydrogen) atoms. The minimum atomic E-state index is -0.0673. The van der Waals surface area contributed by atoms with Crippen LogP contribution >= 0.6 is 0 Å². The largest absolute Gasteiger partial charge is 0.373 e. The molecule has 1 heterocycles. The first-order valence-electron chi connectivity index (χ1n) is 5.68. The summed E-state index contributed by atoms with van der Waals surface area (Å²) in [6.07, 6.45) is 4.81. The molecule has 86 valence electrons. The second-order valence-corrected chi connectivity index (χ2v) is 4.00. The van der Waals surface area contributed by atoms with Crippen LogP contribution in [0.15, 0.2) is 6.20 Å². The molecule has 0 N–H and O–H groups in total. The summed E-state index contributed by atoms with van der Waals surface area (Å²) in [6, 6.07) is 0. The summed E-state index contributed by atoms with van der Waals surface area (Å²) in [5.41, 5.74) is 1.58. The Labute approximate surface area is 95.1 Å². The van der Waals surface area contributed by atoms with Gasteiger partial charge in [0.1, 0.15) is 6.10 Å². The third-order valence-electron chi connectivity index (χ3n) is 2.95. The molecule has 1 aromatic rings. The number of ketones is 1. The number of rotatable bonds is 3. The number of hydrogen-bond acceptors (Lipinski definition) is 4. The van der Waals surface area contributed by atoms with Gasteiger partial charge in [0.05, 0.1) is 11.3 Å². The van der Waals surface area contributed by atoms with Crippen molar-refractivity contribution in [3.8, 4) is 0 Å². The average Bonchev–Trinajstić information content (AvgIpc) is 2.31. The van der Waals surface area contributed by atoms with Crippen molar-refractivity contribution < 1.29 is 9.53 Å². The van der Waals surface area contributed by atoms with Crippen molar-refractivity contribution in [2.24, 2.45) is 0 Å². The molecular formula is C12H16N2O2. The van der Waals surface area contributed by atoms with Gasteiger partial charge < -0.3 is 4.74 Å². The lowest BCUT2D eigenvalue weighted by Crippen LogP contribution is -2.16. The molecule has 2 rings (SSSR count). The molecule has 0 bridgehead atoms. The molecule has 1 aliphatic carbocycles. The predicted molar refractivity (Wildman–Crippen MR) is 59.3 cm³/mol. The van der Waals surface area contributed by atoms with Crippen molar-refractivity contribution >= 4 is 5.78 Å². The van der Waals surface area contributed by atoms with Crippen LogP contribution in [-0.4, -0.2) is 22.9 Å². The molecule has 0 fully saturated rings. The summed E-state index contributed by atoms with van der Waals surface area (Å²) >= 11 is 0. The molecule has 1 atom stereocenters. The Hall–Kier alpha value is -1.29. The maximum Gasteiger partial charge on any atom is 0.166 e. The fourth-order valence-electron chi connectivity index (χ4n) is 2.02. The van der Waals surface area contributed by atoms with Gasteiger partial charge in [-0.25, -0.2) is 9.97 Å². The van der Waals surface area contributed by atoms with E-state index in [2.05, 4.69) is 9.97 Å². The van der Waals surface area contributed by atoms with Crippen LogP contribution in [0.1, 0.15) is 54.2 Å². The third kappa shape index (κ3) is 1.97. The highest BCUT2D eigenvalue weighted by atomic mass is 16.5. The van der Waals surface area contributed by atoms with Crippen LogP contribution in [0, 0.1) is 0 Å².